The lowest BCUT2D eigenvalue weighted by molar-refractivity contribution is -0.146. The predicted octanol–water partition coefficient (Wildman–Crippen LogP) is -0.0697. The van der Waals surface area contributed by atoms with E-state index in [0.29, 0.717) is 6.54 Å². The van der Waals surface area contributed by atoms with Gasteiger partial charge in [-0.05, 0) is 32.7 Å². The summed E-state index contributed by atoms with van der Waals surface area (Å²) in [7, 11) is 1.91. The van der Waals surface area contributed by atoms with Crippen LogP contribution in [-0.2, 0) is 18.4 Å². The van der Waals surface area contributed by atoms with Gasteiger partial charge in [-0.3, -0.25) is 14.4 Å². The number of hydrogen-bond donors (Lipinski definition) is 1. The fourth-order valence-electron chi connectivity index (χ4n) is 3.85. The molecule has 1 aromatic heterocycles. The Kier molecular flexibility index (Phi) is 4.18. The highest BCUT2D eigenvalue weighted by Crippen LogP contribution is 2.40. The van der Waals surface area contributed by atoms with E-state index in [-0.39, 0.29) is 17.9 Å². The molecule has 1 unspecified atom stereocenters. The first kappa shape index (κ1) is 15.4. The molecule has 2 saturated heterocycles. The van der Waals surface area contributed by atoms with Gasteiger partial charge in [0.2, 0.25) is 5.91 Å². The summed E-state index contributed by atoms with van der Waals surface area (Å²) in [6.07, 6.45) is 2.90. The van der Waals surface area contributed by atoms with E-state index >= 15 is 0 Å². The third kappa shape index (κ3) is 2.75. The maximum absolute atomic E-state index is 12.8. The van der Waals surface area contributed by atoms with Gasteiger partial charge in [-0.1, -0.05) is 0 Å². The average Bonchev–Trinajstić information content (AvgIpc) is 3.01. The van der Waals surface area contributed by atoms with Crippen molar-refractivity contribution in [2.75, 3.05) is 32.8 Å². The van der Waals surface area contributed by atoms with Gasteiger partial charge in [0.25, 0.3) is 0 Å². The number of piperidine rings is 1. The molecule has 3 heterocycles. The van der Waals surface area contributed by atoms with Gasteiger partial charge in [-0.2, -0.15) is 5.10 Å². The summed E-state index contributed by atoms with van der Waals surface area (Å²) in [5.41, 5.74) is -0.249. The zero-order valence-corrected chi connectivity index (χ0v) is 13.5. The summed E-state index contributed by atoms with van der Waals surface area (Å²) >= 11 is 0. The number of rotatable bonds is 4. The van der Waals surface area contributed by atoms with Gasteiger partial charge in [0.1, 0.15) is 11.6 Å². The van der Waals surface area contributed by atoms with E-state index in [2.05, 4.69) is 15.0 Å². The molecule has 1 amide bonds. The monoisotopic (exact) mass is 307 g/mol. The van der Waals surface area contributed by atoms with Crippen molar-refractivity contribution in [3.8, 4) is 0 Å². The number of aliphatic hydroxyl groups excluding tert-OH is 1. The van der Waals surface area contributed by atoms with Gasteiger partial charge in [0, 0.05) is 26.7 Å². The summed E-state index contributed by atoms with van der Waals surface area (Å²) in [5, 5.41) is 13.4. The molecule has 1 N–H and O–H groups in total. The normalized spacial score (nSPS) is 26.3. The molecule has 2 aliphatic rings. The minimum atomic E-state index is -0.249. The van der Waals surface area contributed by atoms with Crippen LogP contribution in [0.5, 0.6) is 0 Å². The molecule has 0 radical (unpaired) electrons. The van der Waals surface area contributed by atoms with Crippen molar-refractivity contribution in [1.29, 1.82) is 0 Å². The van der Waals surface area contributed by atoms with Gasteiger partial charge in [-0.25, -0.2) is 4.98 Å². The minimum absolute atomic E-state index is 0.0454. The van der Waals surface area contributed by atoms with Crippen molar-refractivity contribution in [2.24, 2.45) is 12.5 Å². The molecule has 2 aliphatic heterocycles. The summed E-state index contributed by atoms with van der Waals surface area (Å²) in [6.45, 7) is 5.64. The van der Waals surface area contributed by atoms with E-state index in [1.54, 1.807) is 0 Å². The lowest BCUT2D eigenvalue weighted by Crippen LogP contribution is -2.50. The van der Waals surface area contributed by atoms with E-state index in [4.69, 9.17) is 5.11 Å². The van der Waals surface area contributed by atoms with Gasteiger partial charge >= 0.3 is 0 Å². The molecule has 0 bridgehead atoms. The van der Waals surface area contributed by atoms with Crippen LogP contribution in [-0.4, -0.2) is 68.4 Å². The van der Waals surface area contributed by atoms with Crippen molar-refractivity contribution in [3.63, 3.8) is 0 Å². The maximum atomic E-state index is 12.8. The zero-order chi connectivity index (χ0) is 15.7. The first-order valence-corrected chi connectivity index (χ1v) is 8.03. The Balaban J connectivity index is 1.68. The fraction of sp³-hybridized carbons (Fsp3) is 0.800. The van der Waals surface area contributed by atoms with Crippen LogP contribution in [0, 0.1) is 12.3 Å². The molecule has 0 aliphatic carbocycles. The molecule has 0 saturated carbocycles. The first-order valence-electron chi connectivity index (χ1n) is 8.03. The summed E-state index contributed by atoms with van der Waals surface area (Å²) in [6, 6.07) is 0. The van der Waals surface area contributed by atoms with Crippen LogP contribution in [0.15, 0.2) is 0 Å². The summed E-state index contributed by atoms with van der Waals surface area (Å²) in [5.74, 6) is 1.96. The van der Waals surface area contributed by atoms with Crippen molar-refractivity contribution in [1.82, 2.24) is 24.6 Å². The van der Waals surface area contributed by atoms with Crippen LogP contribution in [0.25, 0.3) is 0 Å². The summed E-state index contributed by atoms with van der Waals surface area (Å²) in [4.78, 5) is 21.4. The van der Waals surface area contributed by atoms with Crippen molar-refractivity contribution in [3.05, 3.63) is 11.6 Å². The SMILES string of the molecule is Cc1nc(CN2CCC3(CCCN(CCO)C3=O)C2)n(C)n1. The van der Waals surface area contributed by atoms with E-state index in [0.717, 1.165) is 57.1 Å². The van der Waals surface area contributed by atoms with Crippen molar-refractivity contribution >= 4 is 5.91 Å². The third-order valence-electron chi connectivity index (χ3n) is 4.95. The van der Waals surface area contributed by atoms with E-state index in [9.17, 15) is 4.79 Å². The van der Waals surface area contributed by atoms with Crippen LogP contribution in [0.4, 0.5) is 0 Å². The lowest BCUT2D eigenvalue weighted by atomic mass is 9.78. The van der Waals surface area contributed by atoms with E-state index < -0.39 is 0 Å². The Hall–Kier alpha value is -1.47. The van der Waals surface area contributed by atoms with Crippen LogP contribution >= 0.6 is 0 Å². The van der Waals surface area contributed by atoms with Gasteiger partial charge in [0.05, 0.1) is 18.6 Å². The Labute approximate surface area is 130 Å². The number of β-amino-alcohol motifs (C(OH)–C–C–N with tert-alkyl or cyclic N) is 1. The second-order valence-electron chi connectivity index (χ2n) is 6.56. The molecule has 7 heteroatoms. The molecule has 122 valence electrons. The summed E-state index contributed by atoms with van der Waals surface area (Å²) < 4.78 is 1.82. The fourth-order valence-corrected chi connectivity index (χ4v) is 3.85. The average molecular weight is 307 g/mol. The van der Waals surface area contributed by atoms with Gasteiger partial charge in [-0.15, -0.1) is 0 Å². The number of likely N-dealkylation sites (tertiary alicyclic amines) is 2. The van der Waals surface area contributed by atoms with Crippen molar-refractivity contribution < 1.29 is 9.90 Å². The quantitative estimate of drug-likeness (QED) is 0.843. The molecule has 2 fully saturated rings. The highest BCUT2D eigenvalue weighted by atomic mass is 16.3. The number of carbonyl (C=O) groups is 1. The number of hydrogen-bond acceptors (Lipinski definition) is 5. The molecule has 1 aromatic rings. The van der Waals surface area contributed by atoms with Crippen molar-refractivity contribution in [2.45, 2.75) is 32.7 Å². The van der Waals surface area contributed by atoms with Crippen LogP contribution in [0.3, 0.4) is 0 Å². The number of aliphatic hydroxyl groups is 1. The molecule has 3 rings (SSSR count). The number of carbonyl (C=O) groups excluding carboxylic acids is 1. The second-order valence-corrected chi connectivity index (χ2v) is 6.56. The first-order chi connectivity index (χ1) is 10.5. The molecule has 7 nitrogen and oxygen atoms in total. The topological polar surface area (TPSA) is 74.5 Å². The number of nitrogens with zero attached hydrogens (tertiary/aromatic N) is 5. The Morgan fingerprint density at radius 2 is 2.14 bits per heavy atom. The molecule has 1 spiro atoms. The Bertz CT molecular complexity index is 556. The highest BCUT2D eigenvalue weighted by Gasteiger charge is 2.48. The molecular formula is C15H25N5O2. The molecule has 1 atom stereocenters. The third-order valence-corrected chi connectivity index (χ3v) is 4.95. The standard InChI is InChI=1S/C15H25N5O2/c1-12-16-13(18(2)17-12)10-19-7-5-15(11-19)4-3-6-20(8-9-21)14(15)22/h21H,3-11H2,1-2H3. The van der Waals surface area contributed by atoms with Crippen LogP contribution in [0.1, 0.15) is 30.9 Å². The predicted molar refractivity (Wildman–Crippen MR) is 81.0 cm³/mol. The van der Waals surface area contributed by atoms with Crippen LogP contribution < -0.4 is 0 Å². The zero-order valence-electron chi connectivity index (χ0n) is 13.5. The number of amides is 1. The Morgan fingerprint density at radius 1 is 1.32 bits per heavy atom. The molecule has 0 aromatic carbocycles. The Morgan fingerprint density at radius 3 is 2.82 bits per heavy atom. The number of aryl methyl sites for hydroxylation is 2. The minimum Gasteiger partial charge on any atom is -0.395 e. The smallest absolute Gasteiger partial charge is 0.230 e. The van der Waals surface area contributed by atoms with Gasteiger partial charge < -0.3 is 10.0 Å². The lowest BCUT2D eigenvalue weighted by Gasteiger charge is -2.39. The highest BCUT2D eigenvalue weighted by molar-refractivity contribution is 5.84. The van der Waals surface area contributed by atoms with E-state index in [1.807, 2.05) is 23.6 Å². The maximum Gasteiger partial charge on any atom is 0.230 e. The molecular weight excluding hydrogens is 282 g/mol. The number of aromatic nitrogens is 3. The van der Waals surface area contributed by atoms with Crippen LogP contribution in [0.2, 0.25) is 0 Å². The van der Waals surface area contributed by atoms with Gasteiger partial charge in [0.15, 0.2) is 0 Å². The van der Waals surface area contributed by atoms with E-state index in [1.165, 1.54) is 0 Å². The molecule has 22 heavy (non-hydrogen) atoms. The largest absolute Gasteiger partial charge is 0.395 e. The second kappa shape index (κ2) is 5.96.